The Bertz CT molecular complexity index is 967. The first-order chi connectivity index (χ1) is 13.2. The monoisotopic (exact) mass is 362 g/mol. The fourth-order valence-electron chi connectivity index (χ4n) is 3.51. The average molecular weight is 362 g/mol. The Morgan fingerprint density at radius 3 is 2.63 bits per heavy atom. The van der Waals surface area contributed by atoms with Crippen LogP contribution in [0.15, 0.2) is 48.8 Å². The molecule has 0 atom stereocenters. The zero-order valence-electron chi connectivity index (χ0n) is 15.6. The normalized spacial score (nSPS) is 14.4. The van der Waals surface area contributed by atoms with Gasteiger partial charge in [-0.3, -0.25) is 9.78 Å². The Hall–Kier alpha value is -3.15. The number of carbonyl (C=O) groups is 1. The molecule has 1 aliphatic heterocycles. The smallest absolute Gasteiger partial charge is 0.255 e. The van der Waals surface area contributed by atoms with E-state index >= 15 is 0 Å². The van der Waals surface area contributed by atoms with Crippen LogP contribution in [0.4, 0.5) is 5.82 Å². The number of hydrogen-bond donors (Lipinski definition) is 0. The molecule has 1 saturated heterocycles. The van der Waals surface area contributed by atoms with Gasteiger partial charge in [0, 0.05) is 44.0 Å². The number of aromatic nitrogens is 2. The summed E-state index contributed by atoms with van der Waals surface area (Å²) in [7, 11) is 1.67. The van der Waals surface area contributed by atoms with Crippen LogP contribution in [0.5, 0.6) is 5.75 Å². The number of ether oxygens (including phenoxy) is 1. The Morgan fingerprint density at radius 2 is 1.93 bits per heavy atom. The summed E-state index contributed by atoms with van der Waals surface area (Å²) in [4.78, 5) is 25.6. The Kier molecular flexibility index (Phi) is 4.62. The zero-order valence-corrected chi connectivity index (χ0v) is 15.6. The molecule has 1 aliphatic rings. The molecule has 0 bridgehead atoms. The first-order valence-electron chi connectivity index (χ1n) is 9.06. The largest absolute Gasteiger partial charge is 0.494 e. The van der Waals surface area contributed by atoms with E-state index in [2.05, 4.69) is 28.9 Å². The fourth-order valence-corrected chi connectivity index (χ4v) is 3.51. The van der Waals surface area contributed by atoms with Gasteiger partial charge in [0.15, 0.2) is 0 Å². The number of anilines is 1. The molecule has 0 radical (unpaired) electrons. The summed E-state index contributed by atoms with van der Waals surface area (Å²) in [6, 6.07) is 11.7. The van der Waals surface area contributed by atoms with E-state index in [1.807, 2.05) is 23.1 Å². The second-order valence-corrected chi connectivity index (χ2v) is 6.67. The molecule has 0 unspecified atom stereocenters. The van der Waals surface area contributed by atoms with Crippen LogP contribution in [0, 0.1) is 6.92 Å². The van der Waals surface area contributed by atoms with Crippen molar-refractivity contribution in [3.8, 4) is 5.75 Å². The number of nitrogens with zero attached hydrogens (tertiary/aromatic N) is 4. The Morgan fingerprint density at radius 1 is 1.11 bits per heavy atom. The number of pyridine rings is 2. The summed E-state index contributed by atoms with van der Waals surface area (Å²) in [6.45, 7) is 4.92. The molecule has 1 fully saturated rings. The van der Waals surface area contributed by atoms with Gasteiger partial charge in [-0.05, 0) is 36.8 Å². The predicted octanol–water partition coefficient (Wildman–Crippen LogP) is 2.91. The standard InChI is InChI=1S/C21H22N4O2/c1-15-13-19(23-20-17(15)6-3-7-18(20)27-2)24-9-11-25(12-10-24)21(26)16-5-4-8-22-14-16/h3-8,13-14H,9-12H2,1-2H3. The van der Waals surface area contributed by atoms with Crippen LogP contribution < -0.4 is 9.64 Å². The molecule has 0 N–H and O–H groups in total. The summed E-state index contributed by atoms with van der Waals surface area (Å²) < 4.78 is 5.48. The second-order valence-electron chi connectivity index (χ2n) is 6.67. The lowest BCUT2D eigenvalue weighted by Crippen LogP contribution is -2.49. The number of hydrogen-bond acceptors (Lipinski definition) is 5. The molecule has 4 rings (SSSR count). The van der Waals surface area contributed by atoms with Crippen molar-refractivity contribution in [3.63, 3.8) is 0 Å². The summed E-state index contributed by atoms with van der Waals surface area (Å²) in [5.74, 6) is 1.74. The lowest BCUT2D eigenvalue weighted by Gasteiger charge is -2.35. The topological polar surface area (TPSA) is 58.6 Å². The molecule has 0 saturated carbocycles. The molecule has 0 aliphatic carbocycles. The van der Waals surface area contributed by atoms with Gasteiger partial charge < -0.3 is 14.5 Å². The first-order valence-corrected chi connectivity index (χ1v) is 9.06. The minimum atomic E-state index is 0.0343. The fraction of sp³-hybridized carbons (Fsp3) is 0.286. The summed E-state index contributed by atoms with van der Waals surface area (Å²) in [5, 5.41) is 1.10. The van der Waals surface area contributed by atoms with Gasteiger partial charge in [0.1, 0.15) is 17.1 Å². The highest BCUT2D eigenvalue weighted by Gasteiger charge is 2.23. The third-order valence-electron chi connectivity index (χ3n) is 5.02. The highest BCUT2D eigenvalue weighted by atomic mass is 16.5. The van der Waals surface area contributed by atoms with Gasteiger partial charge >= 0.3 is 0 Å². The minimum absolute atomic E-state index is 0.0343. The van der Waals surface area contributed by atoms with E-state index in [4.69, 9.17) is 9.72 Å². The van der Waals surface area contributed by atoms with E-state index in [1.165, 1.54) is 5.56 Å². The third kappa shape index (κ3) is 3.30. The lowest BCUT2D eigenvalue weighted by molar-refractivity contribution is 0.0746. The van der Waals surface area contributed by atoms with Crippen LogP contribution in [-0.4, -0.2) is 54.1 Å². The van der Waals surface area contributed by atoms with Gasteiger partial charge in [-0.15, -0.1) is 0 Å². The van der Waals surface area contributed by atoms with Crippen LogP contribution in [0.25, 0.3) is 10.9 Å². The summed E-state index contributed by atoms with van der Waals surface area (Å²) in [5.41, 5.74) is 2.68. The molecular formula is C21H22N4O2. The highest BCUT2D eigenvalue weighted by molar-refractivity contribution is 5.94. The predicted molar refractivity (Wildman–Crippen MR) is 105 cm³/mol. The van der Waals surface area contributed by atoms with E-state index in [0.717, 1.165) is 35.6 Å². The van der Waals surface area contributed by atoms with Crippen molar-refractivity contribution in [1.82, 2.24) is 14.9 Å². The molecule has 6 nitrogen and oxygen atoms in total. The molecule has 2 aromatic heterocycles. The Balaban J connectivity index is 1.54. The van der Waals surface area contributed by atoms with E-state index in [0.29, 0.717) is 18.7 Å². The number of benzene rings is 1. The van der Waals surface area contributed by atoms with Crippen molar-refractivity contribution in [1.29, 1.82) is 0 Å². The number of methoxy groups -OCH3 is 1. The molecule has 3 heterocycles. The number of para-hydroxylation sites is 1. The molecule has 27 heavy (non-hydrogen) atoms. The molecule has 1 amide bonds. The first kappa shape index (κ1) is 17.3. The SMILES string of the molecule is COc1cccc2c(C)cc(N3CCN(C(=O)c4cccnc4)CC3)nc12. The van der Waals surface area contributed by atoms with Crippen molar-refractivity contribution >= 4 is 22.6 Å². The van der Waals surface area contributed by atoms with Crippen molar-refractivity contribution in [2.45, 2.75) is 6.92 Å². The third-order valence-corrected chi connectivity index (χ3v) is 5.02. The van der Waals surface area contributed by atoms with Gasteiger partial charge in [0.2, 0.25) is 0 Å². The van der Waals surface area contributed by atoms with Gasteiger partial charge in [-0.2, -0.15) is 0 Å². The van der Waals surface area contributed by atoms with Crippen molar-refractivity contribution in [2.75, 3.05) is 38.2 Å². The lowest BCUT2D eigenvalue weighted by atomic mass is 10.1. The van der Waals surface area contributed by atoms with Crippen LogP contribution in [0.3, 0.4) is 0 Å². The number of rotatable bonds is 3. The minimum Gasteiger partial charge on any atom is -0.494 e. The van der Waals surface area contributed by atoms with Crippen LogP contribution in [0.2, 0.25) is 0 Å². The Labute approximate surface area is 158 Å². The molecular weight excluding hydrogens is 340 g/mol. The van der Waals surface area contributed by atoms with Crippen molar-refractivity contribution in [3.05, 3.63) is 59.9 Å². The van der Waals surface area contributed by atoms with Gasteiger partial charge in [0.25, 0.3) is 5.91 Å². The van der Waals surface area contributed by atoms with Crippen molar-refractivity contribution in [2.24, 2.45) is 0 Å². The van der Waals surface area contributed by atoms with Crippen molar-refractivity contribution < 1.29 is 9.53 Å². The zero-order chi connectivity index (χ0) is 18.8. The van der Waals surface area contributed by atoms with Gasteiger partial charge in [0.05, 0.1) is 12.7 Å². The van der Waals surface area contributed by atoms with E-state index in [9.17, 15) is 4.79 Å². The van der Waals surface area contributed by atoms with Crippen LogP contribution >= 0.6 is 0 Å². The quantitative estimate of drug-likeness (QED) is 0.717. The molecule has 6 heteroatoms. The molecule has 138 valence electrons. The van der Waals surface area contributed by atoms with E-state index in [1.54, 1.807) is 25.6 Å². The number of amides is 1. The van der Waals surface area contributed by atoms with Crippen LogP contribution in [0.1, 0.15) is 15.9 Å². The number of carbonyl (C=O) groups excluding carboxylic acids is 1. The number of piperazine rings is 1. The molecule has 0 spiro atoms. The maximum Gasteiger partial charge on any atom is 0.255 e. The van der Waals surface area contributed by atoms with E-state index in [-0.39, 0.29) is 5.91 Å². The number of aryl methyl sites for hydroxylation is 1. The highest BCUT2D eigenvalue weighted by Crippen LogP contribution is 2.29. The molecule has 1 aromatic carbocycles. The van der Waals surface area contributed by atoms with Gasteiger partial charge in [-0.1, -0.05) is 12.1 Å². The summed E-state index contributed by atoms with van der Waals surface area (Å²) in [6.07, 6.45) is 3.30. The van der Waals surface area contributed by atoms with E-state index < -0.39 is 0 Å². The number of fused-ring (bicyclic) bond motifs is 1. The molecule has 3 aromatic rings. The second kappa shape index (κ2) is 7.23. The maximum atomic E-state index is 12.6. The van der Waals surface area contributed by atoms with Gasteiger partial charge in [-0.25, -0.2) is 4.98 Å². The average Bonchev–Trinajstić information content (AvgIpc) is 2.73. The summed E-state index contributed by atoms with van der Waals surface area (Å²) >= 11 is 0. The maximum absolute atomic E-state index is 12.6. The van der Waals surface area contributed by atoms with Crippen LogP contribution in [-0.2, 0) is 0 Å².